The lowest BCUT2D eigenvalue weighted by Crippen LogP contribution is -2.01. The second-order valence-electron chi connectivity index (χ2n) is 3.28. The molecule has 4 nitrogen and oxygen atoms in total. The number of rotatable bonds is 3. The van der Waals surface area contributed by atoms with Crippen molar-refractivity contribution >= 4 is 17.4 Å². The molecule has 1 aromatic carbocycles. The number of hydrogen-bond acceptors (Lipinski definition) is 3. The van der Waals surface area contributed by atoms with E-state index < -0.39 is 0 Å². The van der Waals surface area contributed by atoms with Gasteiger partial charge in [0.15, 0.2) is 5.82 Å². The van der Waals surface area contributed by atoms with E-state index in [2.05, 4.69) is 10.3 Å². The molecule has 0 aliphatic heterocycles. The molecule has 0 saturated carbocycles. The number of nitrogens with zero attached hydrogens (tertiary/aromatic N) is 3. The van der Waals surface area contributed by atoms with Crippen molar-refractivity contribution in [2.45, 2.75) is 13.0 Å². The fourth-order valence-corrected chi connectivity index (χ4v) is 1.44. The van der Waals surface area contributed by atoms with Gasteiger partial charge >= 0.3 is 0 Å². The number of benzene rings is 1. The minimum absolute atomic E-state index is 0.450. The molecule has 2 rings (SSSR count). The Bertz CT molecular complexity index is 435. The largest absolute Gasteiger partial charge is 0.381 e. The third-order valence-electron chi connectivity index (χ3n) is 2.10. The minimum Gasteiger partial charge on any atom is -0.381 e. The summed E-state index contributed by atoms with van der Waals surface area (Å²) in [5.74, 6) is 0.450. The topological polar surface area (TPSA) is 56.7 Å². The van der Waals surface area contributed by atoms with Crippen LogP contribution in [0.4, 0.5) is 5.82 Å². The van der Waals surface area contributed by atoms with E-state index in [0.29, 0.717) is 5.82 Å². The second-order valence-corrected chi connectivity index (χ2v) is 3.72. The standard InChI is InChI=1S/C10H11ClN4/c11-9-3-1-8(2-4-9)5-6-15-7-10(12)13-14-15/h1-4,7H,5-6,12H2. The van der Waals surface area contributed by atoms with Crippen LogP contribution in [0.2, 0.25) is 5.02 Å². The van der Waals surface area contributed by atoms with Crippen LogP contribution in [0, 0.1) is 0 Å². The smallest absolute Gasteiger partial charge is 0.165 e. The third-order valence-corrected chi connectivity index (χ3v) is 2.35. The van der Waals surface area contributed by atoms with E-state index in [4.69, 9.17) is 17.3 Å². The Kier molecular flexibility index (Phi) is 2.87. The van der Waals surface area contributed by atoms with E-state index in [1.807, 2.05) is 24.3 Å². The average molecular weight is 223 g/mol. The molecule has 2 N–H and O–H groups in total. The van der Waals surface area contributed by atoms with Crippen LogP contribution in [0.25, 0.3) is 0 Å². The van der Waals surface area contributed by atoms with Crippen molar-refractivity contribution in [3.63, 3.8) is 0 Å². The molecule has 0 atom stereocenters. The van der Waals surface area contributed by atoms with Crippen molar-refractivity contribution in [3.05, 3.63) is 41.0 Å². The molecule has 0 fully saturated rings. The van der Waals surface area contributed by atoms with Crippen molar-refractivity contribution in [1.82, 2.24) is 15.0 Å². The fourth-order valence-electron chi connectivity index (χ4n) is 1.32. The molecule has 0 saturated heterocycles. The van der Waals surface area contributed by atoms with Crippen molar-refractivity contribution in [3.8, 4) is 0 Å². The number of nitrogen functional groups attached to an aromatic ring is 1. The average Bonchev–Trinajstić information content (AvgIpc) is 2.64. The van der Waals surface area contributed by atoms with Gasteiger partial charge in [0.25, 0.3) is 0 Å². The lowest BCUT2D eigenvalue weighted by atomic mass is 10.1. The maximum Gasteiger partial charge on any atom is 0.165 e. The van der Waals surface area contributed by atoms with Crippen LogP contribution in [-0.2, 0) is 13.0 Å². The Hall–Kier alpha value is -1.55. The number of anilines is 1. The summed E-state index contributed by atoms with van der Waals surface area (Å²) >= 11 is 5.79. The van der Waals surface area contributed by atoms with E-state index in [9.17, 15) is 0 Å². The summed E-state index contributed by atoms with van der Waals surface area (Å²) in [6.07, 6.45) is 2.61. The first kappa shape index (κ1) is 9.98. The molecule has 0 bridgehead atoms. The summed E-state index contributed by atoms with van der Waals surface area (Å²) in [5.41, 5.74) is 6.67. The Morgan fingerprint density at radius 3 is 2.60 bits per heavy atom. The van der Waals surface area contributed by atoms with Crippen molar-refractivity contribution < 1.29 is 0 Å². The predicted molar refractivity (Wildman–Crippen MR) is 59.6 cm³/mol. The van der Waals surface area contributed by atoms with E-state index in [1.165, 1.54) is 5.56 Å². The highest BCUT2D eigenvalue weighted by molar-refractivity contribution is 6.30. The molecule has 2 aromatic rings. The molecular weight excluding hydrogens is 212 g/mol. The molecule has 0 unspecified atom stereocenters. The molecule has 0 aliphatic carbocycles. The highest BCUT2D eigenvalue weighted by atomic mass is 35.5. The summed E-state index contributed by atoms with van der Waals surface area (Å²) in [4.78, 5) is 0. The monoisotopic (exact) mass is 222 g/mol. The minimum atomic E-state index is 0.450. The highest BCUT2D eigenvalue weighted by Crippen LogP contribution is 2.10. The maximum atomic E-state index is 5.79. The van der Waals surface area contributed by atoms with E-state index in [-0.39, 0.29) is 0 Å². The van der Waals surface area contributed by atoms with Gasteiger partial charge in [0.1, 0.15) is 0 Å². The van der Waals surface area contributed by atoms with Gasteiger partial charge in [-0.2, -0.15) is 0 Å². The number of nitrogens with two attached hydrogens (primary N) is 1. The predicted octanol–water partition coefficient (Wildman–Crippen LogP) is 1.76. The third kappa shape index (κ3) is 2.70. The SMILES string of the molecule is Nc1cn(CCc2ccc(Cl)cc2)nn1. The lowest BCUT2D eigenvalue weighted by Gasteiger charge is -2.00. The van der Waals surface area contributed by atoms with Gasteiger partial charge in [-0.05, 0) is 24.1 Å². The van der Waals surface area contributed by atoms with E-state index in [0.717, 1.165) is 18.0 Å². The van der Waals surface area contributed by atoms with E-state index >= 15 is 0 Å². The van der Waals surface area contributed by atoms with Gasteiger partial charge < -0.3 is 5.73 Å². The molecule has 0 spiro atoms. The van der Waals surface area contributed by atoms with Crippen molar-refractivity contribution in [1.29, 1.82) is 0 Å². The van der Waals surface area contributed by atoms with Gasteiger partial charge in [0, 0.05) is 11.6 Å². The number of aryl methyl sites for hydroxylation is 2. The number of hydrogen-bond donors (Lipinski definition) is 1. The molecule has 0 amide bonds. The first-order valence-electron chi connectivity index (χ1n) is 4.64. The molecule has 0 aliphatic rings. The lowest BCUT2D eigenvalue weighted by molar-refractivity contribution is 0.589. The fraction of sp³-hybridized carbons (Fsp3) is 0.200. The van der Waals surface area contributed by atoms with Gasteiger partial charge in [-0.15, -0.1) is 5.10 Å². The molecule has 1 heterocycles. The Balaban J connectivity index is 1.96. The molecule has 5 heteroatoms. The summed E-state index contributed by atoms with van der Waals surface area (Å²) in [6, 6.07) is 7.77. The van der Waals surface area contributed by atoms with Crippen molar-refractivity contribution in [2.24, 2.45) is 0 Å². The number of halogens is 1. The summed E-state index contributed by atoms with van der Waals surface area (Å²) in [5, 5.41) is 8.33. The summed E-state index contributed by atoms with van der Waals surface area (Å²) < 4.78 is 1.73. The summed E-state index contributed by atoms with van der Waals surface area (Å²) in [6.45, 7) is 0.770. The summed E-state index contributed by atoms with van der Waals surface area (Å²) in [7, 11) is 0. The Morgan fingerprint density at radius 1 is 1.27 bits per heavy atom. The zero-order chi connectivity index (χ0) is 10.7. The zero-order valence-corrected chi connectivity index (χ0v) is 8.85. The highest BCUT2D eigenvalue weighted by Gasteiger charge is 1.97. The van der Waals surface area contributed by atoms with Gasteiger partial charge in [-0.1, -0.05) is 28.9 Å². The van der Waals surface area contributed by atoms with Crippen molar-refractivity contribution in [2.75, 3.05) is 5.73 Å². The molecule has 15 heavy (non-hydrogen) atoms. The molecule has 78 valence electrons. The van der Waals surface area contributed by atoms with Crippen LogP contribution in [0.1, 0.15) is 5.56 Å². The van der Waals surface area contributed by atoms with Gasteiger partial charge in [-0.25, -0.2) is 0 Å². The Morgan fingerprint density at radius 2 is 2.00 bits per heavy atom. The van der Waals surface area contributed by atoms with E-state index in [1.54, 1.807) is 10.9 Å². The first-order chi connectivity index (χ1) is 7.24. The first-order valence-corrected chi connectivity index (χ1v) is 5.02. The molecular formula is C10H11ClN4. The second kappa shape index (κ2) is 4.31. The van der Waals surface area contributed by atoms with Crippen LogP contribution >= 0.6 is 11.6 Å². The number of aromatic nitrogens is 3. The van der Waals surface area contributed by atoms with Gasteiger partial charge in [0.2, 0.25) is 0 Å². The quantitative estimate of drug-likeness (QED) is 0.861. The van der Waals surface area contributed by atoms with Crippen LogP contribution in [-0.4, -0.2) is 15.0 Å². The van der Waals surface area contributed by atoms with Crippen LogP contribution < -0.4 is 5.73 Å². The van der Waals surface area contributed by atoms with Gasteiger partial charge in [0.05, 0.1) is 6.20 Å². The molecule has 1 aromatic heterocycles. The molecule has 0 radical (unpaired) electrons. The Labute approximate surface area is 92.7 Å². The maximum absolute atomic E-state index is 5.79. The van der Waals surface area contributed by atoms with Crippen LogP contribution in [0.5, 0.6) is 0 Å². The van der Waals surface area contributed by atoms with Gasteiger partial charge in [-0.3, -0.25) is 4.68 Å². The van der Waals surface area contributed by atoms with Crippen LogP contribution in [0.15, 0.2) is 30.5 Å². The van der Waals surface area contributed by atoms with Crippen LogP contribution in [0.3, 0.4) is 0 Å². The normalized spacial score (nSPS) is 10.5. The zero-order valence-electron chi connectivity index (χ0n) is 8.10.